The summed E-state index contributed by atoms with van der Waals surface area (Å²) in [7, 11) is 0. The molecule has 0 aliphatic rings. The van der Waals surface area contributed by atoms with Crippen LogP contribution in [0.5, 0.6) is 0 Å². The van der Waals surface area contributed by atoms with Gasteiger partial charge in [-0.3, -0.25) is 0 Å². The summed E-state index contributed by atoms with van der Waals surface area (Å²) in [5.74, 6) is -0.184. The molecule has 0 fully saturated rings. The Bertz CT molecular complexity index is 600. The average Bonchev–Trinajstić information content (AvgIpc) is 2.25. The molecule has 0 bridgehead atoms. The fourth-order valence-electron chi connectivity index (χ4n) is 1.80. The van der Waals surface area contributed by atoms with Crippen molar-refractivity contribution in [1.82, 2.24) is 4.98 Å². The Morgan fingerprint density at radius 3 is 2.56 bits per heavy atom. The second-order valence-electron chi connectivity index (χ2n) is 5.25. The molecule has 2 aromatic rings. The molecule has 0 amide bonds. The highest BCUT2D eigenvalue weighted by atomic mass is 16.4. The van der Waals surface area contributed by atoms with Crippen molar-refractivity contribution >= 4 is 22.7 Å². The Kier molecular flexibility index (Phi) is 2.95. The summed E-state index contributed by atoms with van der Waals surface area (Å²) in [5.41, 5.74) is 0.886. The van der Waals surface area contributed by atoms with E-state index in [4.69, 9.17) is 5.11 Å². The highest BCUT2D eigenvalue weighted by Crippen LogP contribution is 2.21. The quantitative estimate of drug-likeness (QED) is 0.851. The van der Waals surface area contributed by atoms with E-state index in [-0.39, 0.29) is 11.1 Å². The van der Waals surface area contributed by atoms with Crippen LogP contribution in [0.2, 0.25) is 0 Å². The molecule has 0 aliphatic heterocycles. The molecular weight excluding hydrogens is 228 g/mol. The van der Waals surface area contributed by atoms with Crippen molar-refractivity contribution in [1.29, 1.82) is 0 Å². The number of hydrogen-bond acceptors (Lipinski definition) is 3. The number of rotatable bonds is 2. The molecule has 0 unspecified atom stereocenters. The summed E-state index contributed by atoms with van der Waals surface area (Å²) in [6, 6.07) is 8.71. The highest BCUT2D eigenvalue weighted by molar-refractivity contribution is 6.02. The number of hydrogen-bond donors (Lipinski definition) is 2. The van der Waals surface area contributed by atoms with Gasteiger partial charge in [0.1, 0.15) is 5.82 Å². The zero-order valence-electron chi connectivity index (χ0n) is 10.7. The number of carboxylic acid groups (broad SMARTS) is 1. The molecule has 2 N–H and O–H groups in total. The maximum Gasteiger partial charge on any atom is 0.336 e. The topological polar surface area (TPSA) is 62.2 Å². The first-order chi connectivity index (χ1) is 8.37. The van der Waals surface area contributed by atoms with Crippen molar-refractivity contribution in [2.75, 3.05) is 5.32 Å². The molecule has 2 rings (SSSR count). The van der Waals surface area contributed by atoms with Crippen LogP contribution >= 0.6 is 0 Å². The lowest BCUT2D eigenvalue weighted by molar-refractivity contribution is 0.0699. The zero-order chi connectivity index (χ0) is 13.3. The summed E-state index contributed by atoms with van der Waals surface area (Å²) < 4.78 is 0. The lowest BCUT2D eigenvalue weighted by atomic mass is 10.1. The first-order valence-electron chi connectivity index (χ1n) is 5.78. The van der Waals surface area contributed by atoms with Gasteiger partial charge in [-0.1, -0.05) is 6.07 Å². The predicted octanol–water partition coefficient (Wildman–Crippen LogP) is 3.14. The Morgan fingerprint density at radius 2 is 1.94 bits per heavy atom. The summed E-state index contributed by atoms with van der Waals surface area (Å²) in [6.45, 7) is 6.14. The monoisotopic (exact) mass is 244 g/mol. The van der Waals surface area contributed by atoms with E-state index in [1.54, 1.807) is 24.3 Å². The van der Waals surface area contributed by atoms with Crippen LogP contribution in [0.1, 0.15) is 31.1 Å². The van der Waals surface area contributed by atoms with E-state index in [1.807, 2.05) is 26.8 Å². The first-order valence-corrected chi connectivity index (χ1v) is 5.78. The normalized spacial score (nSPS) is 11.5. The van der Waals surface area contributed by atoms with Crippen molar-refractivity contribution in [3.8, 4) is 0 Å². The second kappa shape index (κ2) is 4.29. The predicted molar refractivity (Wildman–Crippen MR) is 72.1 cm³/mol. The molecule has 0 spiro atoms. The summed E-state index contributed by atoms with van der Waals surface area (Å²) in [4.78, 5) is 15.5. The van der Waals surface area contributed by atoms with E-state index in [9.17, 15) is 4.79 Å². The third-order valence-electron chi connectivity index (χ3n) is 2.47. The minimum atomic E-state index is -0.932. The fraction of sp³-hybridized carbons (Fsp3) is 0.286. The van der Waals surface area contributed by atoms with Crippen molar-refractivity contribution < 1.29 is 9.90 Å². The highest BCUT2D eigenvalue weighted by Gasteiger charge is 2.12. The molecule has 1 aromatic heterocycles. The van der Waals surface area contributed by atoms with Gasteiger partial charge in [0, 0.05) is 10.9 Å². The molecule has 0 aliphatic carbocycles. The standard InChI is InChI=1S/C14H16N2O2/c1-14(2,3)16-12-8-7-9-10(13(17)18)5-4-6-11(9)15-12/h4-8H,1-3H3,(H,15,16)(H,17,18). The Balaban J connectivity index is 2.50. The van der Waals surface area contributed by atoms with E-state index >= 15 is 0 Å². The molecule has 94 valence electrons. The van der Waals surface area contributed by atoms with Crippen molar-refractivity contribution in [3.05, 3.63) is 35.9 Å². The van der Waals surface area contributed by atoms with E-state index in [1.165, 1.54) is 0 Å². The second-order valence-corrected chi connectivity index (χ2v) is 5.25. The molecule has 4 heteroatoms. The number of carboxylic acids is 1. The molecule has 18 heavy (non-hydrogen) atoms. The lowest BCUT2D eigenvalue weighted by Crippen LogP contribution is -2.26. The molecule has 0 saturated carbocycles. The van der Waals surface area contributed by atoms with Crippen LogP contribution in [0.25, 0.3) is 10.9 Å². The van der Waals surface area contributed by atoms with Gasteiger partial charge in [-0.25, -0.2) is 9.78 Å². The van der Waals surface area contributed by atoms with Gasteiger partial charge in [-0.2, -0.15) is 0 Å². The number of benzene rings is 1. The first kappa shape index (κ1) is 12.4. The Hall–Kier alpha value is -2.10. The van der Waals surface area contributed by atoms with Crippen LogP contribution in [0.15, 0.2) is 30.3 Å². The van der Waals surface area contributed by atoms with E-state index in [0.29, 0.717) is 10.9 Å². The number of nitrogens with one attached hydrogen (secondary N) is 1. The fourth-order valence-corrected chi connectivity index (χ4v) is 1.80. The van der Waals surface area contributed by atoms with Crippen molar-refractivity contribution in [2.24, 2.45) is 0 Å². The third-order valence-corrected chi connectivity index (χ3v) is 2.47. The molecular formula is C14H16N2O2. The van der Waals surface area contributed by atoms with E-state index in [2.05, 4.69) is 10.3 Å². The van der Waals surface area contributed by atoms with Crippen molar-refractivity contribution in [2.45, 2.75) is 26.3 Å². The van der Waals surface area contributed by atoms with Crippen molar-refractivity contribution in [3.63, 3.8) is 0 Å². The van der Waals surface area contributed by atoms with Crippen LogP contribution in [0, 0.1) is 0 Å². The van der Waals surface area contributed by atoms with Crippen LogP contribution < -0.4 is 5.32 Å². The number of aromatic carboxylic acids is 1. The molecule has 0 atom stereocenters. The van der Waals surface area contributed by atoms with Crippen LogP contribution in [-0.2, 0) is 0 Å². The number of carbonyl (C=O) groups is 1. The lowest BCUT2D eigenvalue weighted by Gasteiger charge is -2.21. The van der Waals surface area contributed by atoms with Gasteiger partial charge < -0.3 is 10.4 Å². The molecule has 1 heterocycles. The summed E-state index contributed by atoms with van der Waals surface area (Å²) >= 11 is 0. The van der Waals surface area contributed by atoms with Crippen LogP contribution in [0.4, 0.5) is 5.82 Å². The minimum Gasteiger partial charge on any atom is -0.478 e. The average molecular weight is 244 g/mol. The van der Waals surface area contributed by atoms with Gasteiger partial charge in [0.2, 0.25) is 0 Å². The maximum absolute atomic E-state index is 11.1. The van der Waals surface area contributed by atoms with Crippen LogP contribution in [0.3, 0.4) is 0 Å². The maximum atomic E-state index is 11.1. The van der Waals surface area contributed by atoms with Crippen LogP contribution in [-0.4, -0.2) is 21.6 Å². The SMILES string of the molecule is CC(C)(C)Nc1ccc2c(C(=O)O)cccc2n1. The van der Waals surface area contributed by atoms with Gasteiger partial charge >= 0.3 is 5.97 Å². The molecule has 4 nitrogen and oxygen atoms in total. The number of pyridine rings is 1. The summed E-state index contributed by atoms with van der Waals surface area (Å²) in [6.07, 6.45) is 0. The molecule has 1 aromatic carbocycles. The number of aromatic nitrogens is 1. The zero-order valence-corrected chi connectivity index (χ0v) is 10.7. The largest absolute Gasteiger partial charge is 0.478 e. The molecule has 0 radical (unpaired) electrons. The Morgan fingerprint density at radius 1 is 1.22 bits per heavy atom. The van der Waals surface area contributed by atoms with Gasteiger partial charge in [-0.05, 0) is 45.0 Å². The number of fused-ring (bicyclic) bond motifs is 1. The minimum absolute atomic E-state index is 0.0783. The Labute approximate surface area is 106 Å². The van der Waals surface area contributed by atoms with E-state index < -0.39 is 5.97 Å². The van der Waals surface area contributed by atoms with Gasteiger partial charge in [0.15, 0.2) is 0 Å². The third kappa shape index (κ3) is 2.59. The number of anilines is 1. The van der Waals surface area contributed by atoms with E-state index in [0.717, 1.165) is 5.82 Å². The van der Waals surface area contributed by atoms with Gasteiger partial charge in [0.05, 0.1) is 11.1 Å². The van der Waals surface area contributed by atoms with Gasteiger partial charge in [0.25, 0.3) is 0 Å². The molecule has 0 saturated heterocycles. The summed E-state index contributed by atoms with van der Waals surface area (Å²) in [5, 5.41) is 13.0. The number of nitrogens with zero attached hydrogens (tertiary/aromatic N) is 1. The smallest absolute Gasteiger partial charge is 0.336 e. The van der Waals surface area contributed by atoms with Gasteiger partial charge in [-0.15, -0.1) is 0 Å².